The largest absolute Gasteiger partial charge is 0.289 e. The zero-order valence-corrected chi connectivity index (χ0v) is 7.97. The van der Waals surface area contributed by atoms with Gasteiger partial charge in [-0.25, -0.2) is 0 Å². The molecule has 0 N–H and O–H groups in total. The zero-order chi connectivity index (χ0) is 5.91. The van der Waals surface area contributed by atoms with Crippen molar-refractivity contribution >= 4 is 50.9 Å². The molecule has 0 aromatic carbocycles. The molecule has 0 aromatic heterocycles. The van der Waals surface area contributed by atoms with Crippen LogP contribution in [0.25, 0.3) is 0 Å². The van der Waals surface area contributed by atoms with Crippen molar-refractivity contribution in [3.63, 3.8) is 0 Å². The fraction of sp³-hybridized carbons (Fsp3) is 1.00. The molecule has 0 atom stereocenters. The van der Waals surface area contributed by atoms with Crippen LogP contribution in [0.4, 0.5) is 0 Å². The number of hydrogen-bond acceptors (Lipinski definition) is 1. The molecule has 0 aliphatic carbocycles. The van der Waals surface area contributed by atoms with Crippen LogP contribution in [0.3, 0.4) is 0 Å². The maximum atomic E-state index is 10.3. The molecule has 0 aliphatic rings. The van der Waals surface area contributed by atoms with Crippen LogP contribution in [0.2, 0.25) is 0 Å². The standard InChI is InChI=1S/C2H4Cl2IOP/c3-7(4,6)2-1-5/h1-2H2. The lowest BCUT2D eigenvalue weighted by atomic mass is 11.0. The molecule has 0 aromatic rings. The molecule has 1 nitrogen and oxygen atoms in total. The van der Waals surface area contributed by atoms with Crippen molar-refractivity contribution in [3.8, 4) is 0 Å². The molecule has 0 saturated carbocycles. The number of halogens is 3. The Kier molecular flexibility index (Phi) is 4.32. The molecule has 0 unspecified atom stereocenters. The van der Waals surface area contributed by atoms with Crippen molar-refractivity contribution in [1.82, 2.24) is 0 Å². The van der Waals surface area contributed by atoms with E-state index in [9.17, 15) is 4.57 Å². The van der Waals surface area contributed by atoms with Gasteiger partial charge in [0, 0.05) is 10.6 Å². The average Bonchev–Trinajstić information content (AvgIpc) is 1.30. The van der Waals surface area contributed by atoms with E-state index in [0.29, 0.717) is 6.16 Å². The first-order valence-electron chi connectivity index (χ1n) is 1.60. The Morgan fingerprint density at radius 3 is 2.00 bits per heavy atom. The van der Waals surface area contributed by atoms with Crippen LogP contribution in [-0.4, -0.2) is 10.6 Å². The molecule has 0 radical (unpaired) electrons. The van der Waals surface area contributed by atoms with Crippen molar-refractivity contribution in [2.45, 2.75) is 0 Å². The van der Waals surface area contributed by atoms with E-state index in [0.717, 1.165) is 4.43 Å². The van der Waals surface area contributed by atoms with E-state index in [1.54, 1.807) is 0 Å². The SMILES string of the molecule is O=P(Cl)(Cl)CCI. The third-order valence-electron chi connectivity index (χ3n) is 0.345. The number of alkyl halides is 1. The molecule has 44 valence electrons. The van der Waals surface area contributed by atoms with Gasteiger partial charge in [0.25, 0.3) is 5.85 Å². The maximum absolute atomic E-state index is 10.3. The first-order chi connectivity index (χ1) is 3.06. The zero-order valence-electron chi connectivity index (χ0n) is 3.40. The fourth-order valence-corrected chi connectivity index (χ4v) is 4.55. The van der Waals surface area contributed by atoms with E-state index >= 15 is 0 Å². The molecule has 0 amide bonds. The highest BCUT2D eigenvalue weighted by Crippen LogP contribution is 2.56. The van der Waals surface area contributed by atoms with Crippen LogP contribution in [0.5, 0.6) is 0 Å². The summed E-state index contributed by atoms with van der Waals surface area (Å²) in [5.41, 5.74) is 0. The molecule has 0 heterocycles. The lowest BCUT2D eigenvalue weighted by molar-refractivity contribution is 0.593. The Bertz CT molecular complexity index is 89.7. The second-order valence-electron chi connectivity index (χ2n) is 0.983. The van der Waals surface area contributed by atoms with Crippen molar-refractivity contribution < 1.29 is 4.57 Å². The fourth-order valence-electron chi connectivity index (χ4n) is 0.0984. The van der Waals surface area contributed by atoms with Crippen LogP contribution in [0.1, 0.15) is 0 Å². The van der Waals surface area contributed by atoms with Gasteiger partial charge < -0.3 is 0 Å². The maximum Gasteiger partial charge on any atom is 0.253 e. The lowest BCUT2D eigenvalue weighted by Crippen LogP contribution is -1.74. The summed E-state index contributed by atoms with van der Waals surface area (Å²) in [6, 6.07) is 0. The Hall–Kier alpha value is 1.54. The van der Waals surface area contributed by atoms with Gasteiger partial charge in [-0.1, -0.05) is 22.6 Å². The first kappa shape index (κ1) is 8.54. The smallest absolute Gasteiger partial charge is 0.253 e. The summed E-state index contributed by atoms with van der Waals surface area (Å²) in [7, 11) is 0. The molecule has 0 bridgehead atoms. The molecule has 0 saturated heterocycles. The summed E-state index contributed by atoms with van der Waals surface area (Å²) in [5, 5.41) is 0. The van der Waals surface area contributed by atoms with E-state index in [-0.39, 0.29) is 0 Å². The van der Waals surface area contributed by atoms with Gasteiger partial charge in [-0.2, -0.15) is 0 Å². The van der Waals surface area contributed by atoms with Crippen LogP contribution in [0, 0.1) is 0 Å². The molecular weight excluding hydrogens is 269 g/mol. The molecule has 7 heavy (non-hydrogen) atoms. The number of rotatable bonds is 2. The Morgan fingerprint density at radius 1 is 1.57 bits per heavy atom. The van der Waals surface area contributed by atoms with Crippen molar-refractivity contribution in [2.75, 3.05) is 10.6 Å². The monoisotopic (exact) mass is 272 g/mol. The van der Waals surface area contributed by atoms with Gasteiger partial charge in [0.2, 0.25) is 0 Å². The van der Waals surface area contributed by atoms with Gasteiger partial charge in [-0.05, 0) is 22.5 Å². The summed E-state index contributed by atoms with van der Waals surface area (Å²) in [6.45, 7) is 0. The predicted octanol–water partition coefficient (Wildman–Crippen LogP) is 3.09. The van der Waals surface area contributed by atoms with Gasteiger partial charge in [0.05, 0.1) is 0 Å². The van der Waals surface area contributed by atoms with E-state index in [4.69, 9.17) is 22.5 Å². The van der Waals surface area contributed by atoms with Crippen LogP contribution in [-0.2, 0) is 4.57 Å². The van der Waals surface area contributed by atoms with E-state index in [1.807, 2.05) is 0 Å². The van der Waals surface area contributed by atoms with E-state index < -0.39 is 5.85 Å². The van der Waals surface area contributed by atoms with Crippen LogP contribution in [0.15, 0.2) is 0 Å². The molecular formula is C2H4Cl2IOP. The second kappa shape index (κ2) is 3.54. The summed E-state index contributed by atoms with van der Waals surface area (Å²) in [5.74, 6) is -2.73. The van der Waals surface area contributed by atoms with Gasteiger partial charge >= 0.3 is 0 Å². The van der Waals surface area contributed by atoms with Crippen molar-refractivity contribution in [2.24, 2.45) is 0 Å². The number of hydrogen-bond donors (Lipinski definition) is 0. The highest BCUT2D eigenvalue weighted by atomic mass is 127. The van der Waals surface area contributed by atoms with Gasteiger partial charge in [-0.15, -0.1) is 0 Å². The van der Waals surface area contributed by atoms with Crippen molar-refractivity contribution in [1.29, 1.82) is 0 Å². The topological polar surface area (TPSA) is 17.1 Å². The van der Waals surface area contributed by atoms with Crippen LogP contribution < -0.4 is 0 Å². The van der Waals surface area contributed by atoms with E-state index in [2.05, 4.69) is 22.6 Å². The quantitative estimate of drug-likeness (QED) is 0.429. The summed E-state index contributed by atoms with van der Waals surface area (Å²) < 4.78 is 11.1. The van der Waals surface area contributed by atoms with Crippen LogP contribution >= 0.6 is 50.9 Å². The third-order valence-corrected chi connectivity index (χ3v) is 3.50. The summed E-state index contributed by atoms with van der Waals surface area (Å²) in [6.07, 6.45) is 0.413. The minimum Gasteiger partial charge on any atom is -0.289 e. The Labute approximate surface area is 65.8 Å². The molecule has 0 fully saturated rings. The van der Waals surface area contributed by atoms with Gasteiger partial charge in [0.1, 0.15) is 0 Å². The highest BCUT2D eigenvalue weighted by Gasteiger charge is 2.10. The normalized spacial score (nSPS) is 11.9. The summed E-state index contributed by atoms with van der Waals surface area (Å²) in [4.78, 5) is 0. The Balaban J connectivity index is 3.36. The molecule has 0 aliphatic heterocycles. The Morgan fingerprint density at radius 2 is 2.00 bits per heavy atom. The predicted molar refractivity (Wildman–Crippen MR) is 43.1 cm³/mol. The third kappa shape index (κ3) is 7.54. The van der Waals surface area contributed by atoms with E-state index in [1.165, 1.54) is 0 Å². The van der Waals surface area contributed by atoms with Crippen molar-refractivity contribution in [3.05, 3.63) is 0 Å². The molecule has 0 spiro atoms. The first-order valence-corrected chi connectivity index (χ1v) is 6.83. The second-order valence-corrected chi connectivity index (χ2v) is 7.44. The average molecular weight is 273 g/mol. The minimum atomic E-state index is -2.73. The summed E-state index contributed by atoms with van der Waals surface area (Å²) >= 11 is 12.4. The highest BCUT2D eigenvalue weighted by molar-refractivity contribution is 14.1. The molecule has 5 heteroatoms. The molecule has 0 rings (SSSR count). The van der Waals surface area contributed by atoms with Gasteiger partial charge in [-0.3, -0.25) is 4.57 Å². The lowest BCUT2D eigenvalue weighted by Gasteiger charge is -1.92. The minimum absolute atomic E-state index is 0.413. The van der Waals surface area contributed by atoms with Gasteiger partial charge in [0.15, 0.2) is 0 Å².